The third-order valence-corrected chi connectivity index (χ3v) is 7.18. The largest absolute Gasteiger partial charge is 0.416 e. The Morgan fingerprint density at radius 2 is 1.68 bits per heavy atom. The highest BCUT2D eigenvalue weighted by atomic mass is 32.2. The Kier molecular flexibility index (Phi) is 6.63. The average Bonchev–Trinajstić information content (AvgIpc) is 2.76. The van der Waals surface area contributed by atoms with Crippen molar-refractivity contribution in [3.05, 3.63) is 78.4 Å². The fourth-order valence-corrected chi connectivity index (χ4v) is 5.11. The standard InChI is InChI=1S/C24H21F3N2O4S/c25-24(26,27)18-7-4-8-19(11-18)28-23(30)29-22-12-20(34(31,32)15-16-13-33-14-16)9-10-21(22)17-5-2-1-3-6-17/h1-12,16H,13-15H2,(H2,28,29,30). The van der Waals surface area contributed by atoms with Crippen molar-refractivity contribution in [3.8, 4) is 11.1 Å². The summed E-state index contributed by atoms with van der Waals surface area (Å²) in [6.45, 7) is 0.762. The number of hydrogen-bond acceptors (Lipinski definition) is 4. The Bertz CT molecular complexity index is 1290. The van der Waals surface area contributed by atoms with E-state index in [0.717, 1.165) is 17.7 Å². The summed E-state index contributed by atoms with van der Waals surface area (Å²) in [4.78, 5) is 12.7. The van der Waals surface area contributed by atoms with Crippen molar-refractivity contribution in [2.75, 3.05) is 29.6 Å². The maximum absolute atomic E-state index is 13.0. The van der Waals surface area contributed by atoms with Gasteiger partial charge in [-0.15, -0.1) is 0 Å². The van der Waals surface area contributed by atoms with E-state index in [1.54, 1.807) is 30.3 Å². The summed E-state index contributed by atoms with van der Waals surface area (Å²) in [5.41, 5.74) is 0.547. The van der Waals surface area contributed by atoms with Crippen LogP contribution in [-0.4, -0.2) is 33.4 Å². The second-order valence-corrected chi connectivity index (χ2v) is 9.95. The lowest BCUT2D eigenvalue weighted by atomic mass is 10.0. The predicted octanol–water partition coefficient (Wildman–Crippen LogP) is 5.44. The number of carbonyl (C=O) groups excluding carboxylic acids is 1. The van der Waals surface area contributed by atoms with E-state index in [4.69, 9.17) is 4.74 Å². The molecule has 2 N–H and O–H groups in total. The highest BCUT2D eigenvalue weighted by Crippen LogP contribution is 2.33. The summed E-state index contributed by atoms with van der Waals surface area (Å²) in [7, 11) is -3.64. The van der Waals surface area contributed by atoms with Gasteiger partial charge in [-0.25, -0.2) is 13.2 Å². The first kappa shape index (κ1) is 23.8. The molecule has 34 heavy (non-hydrogen) atoms. The van der Waals surface area contributed by atoms with Gasteiger partial charge in [0.2, 0.25) is 0 Å². The van der Waals surface area contributed by atoms with Crippen LogP contribution in [-0.2, 0) is 20.8 Å². The monoisotopic (exact) mass is 490 g/mol. The first-order valence-electron chi connectivity index (χ1n) is 10.4. The van der Waals surface area contributed by atoms with Crippen LogP contribution in [0, 0.1) is 5.92 Å². The number of nitrogens with one attached hydrogen (secondary N) is 2. The Balaban J connectivity index is 1.62. The van der Waals surface area contributed by atoms with Gasteiger partial charge in [-0.05, 0) is 35.9 Å². The highest BCUT2D eigenvalue weighted by molar-refractivity contribution is 7.91. The first-order chi connectivity index (χ1) is 16.1. The predicted molar refractivity (Wildman–Crippen MR) is 122 cm³/mol. The van der Waals surface area contributed by atoms with Crippen LogP contribution in [0.5, 0.6) is 0 Å². The van der Waals surface area contributed by atoms with E-state index in [1.165, 1.54) is 24.3 Å². The van der Waals surface area contributed by atoms with Crippen LogP contribution < -0.4 is 10.6 Å². The van der Waals surface area contributed by atoms with Crippen molar-refractivity contribution in [3.63, 3.8) is 0 Å². The Morgan fingerprint density at radius 3 is 2.32 bits per heavy atom. The molecule has 0 atom stereocenters. The molecular weight excluding hydrogens is 469 g/mol. The fourth-order valence-electron chi connectivity index (χ4n) is 3.53. The number of anilines is 2. The van der Waals surface area contributed by atoms with Crippen LogP contribution in [0.15, 0.2) is 77.7 Å². The van der Waals surface area contributed by atoms with Crippen LogP contribution in [0.3, 0.4) is 0 Å². The summed E-state index contributed by atoms with van der Waals surface area (Å²) in [6.07, 6.45) is -4.55. The van der Waals surface area contributed by atoms with E-state index in [2.05, 4.69) is 10.6 Å². The molecule has 0 aliphatic carbocycles. The molecule has 0 bridgehead atoms. The van der Waals surface area contributed by atoms with Gasteiger partial charge in [-0.3, -0.25) is 0 Å². The fraction of sp³-hybridized carbons (Fsp3) is 0.208. The topological polar surface area (TPSA) is 84.5 Å². The second-order valence-electron chi connectivity index (χ2n) is 7.92. The SMILES string of the molecule is O=C(Nc1cccc(C(F)(F)F)c1)Nc1cc(S(=O)(=O)CC2COC2)ccc1-c1ccccc1. The highest BCUT2D eigenvalue weighted by Gasteiger charge is 2.30. The van der Waals surface area contributed by atoms with Crippen molar-refractivity contribution in [1.29, 1.82) is 0 Å². The molecule has 1 saturated heterocycles. The van der Waals surface area contributed by atoms with Crippen LogP contribution >= 0.6 is 0 Å². The number of urea groups is 1. The van der Waals surface area contributed by atoms with Crippen LogP contribution in [0.2, 0.25) is 0 Å². The average molecular weight is 491 g/mol. The zero-order valence-corrected chi connectivity index (χ0v) is 18.6. The molecule has 2 amide bonds. The number of rotatable bonds is 6. The zero-order chi connectivity index (χ0) is 24.3. The summed E-state index contributed by atoms with van der Waals surface area (Å²) in [6, 6.07) is 16.9. The van der Waals surface area contributed by atoms with Crippen LogP contribution in [0.4, 0.5) is 29.3 Å². The second kappa shape index (κ2) is 9.47. The van der Waals surface area contributed by atoms with Crippen LogP contribution in [0.25, 0.3) is 11.1 Å². The molecule has 0 spiro atoms. The zero-order valence-electron chi connectivity index (χ0n) is 17.8. The molecule has 0 saturated carbocycles. The summed E-state index contributed by atoms with van der Waals surface area (Å²) in [5.74, 6) is -0.160. The number of carbonyl (C=O) groups is 1. The molecule has 1 aliphatic rings. The molecule has 0 unspecified atom stereocenters. The summed E-state index contributed by atoms with van der Waals surface area (Å²) < 4.78 is 69.7. The summed E-state index contributed by atoms with van der Waals surface area (Å²) in [5, 5.41) is 4.96. The van der Waals surface area contributed by atoms with E-state index in [9.17, 15) is 26.4 Å². The minimum absolute atomic E-state index is 0.0356. The molecule has 178 valence electrons. The lowest BCUT2D eigenvalue weighted by Crippen LogP contribution is -2.33. The number of amides is 2. The molecule has 1 aliphatic heterocycles. The number of alkyl halides is 3. The molecule has 3 aromatic carbocycles. The van der Waals surface area contributed by atoms with E-state index in [0.29, 0.717) is 18.8 Å². The van der Waals surface area contributed by atoms with E-state index < -0.39 is 27.6 Å². The molecular formula is C24H21F3N2O4S. The maximum atomic E-state index is 13.0. The van der Waals surface area contributed by atoms with Gasteiger partial charge in [-0.1, -0.05) is 42.5 Å². The lowest BCUT2D eigenvalue weighted by Gasteiger charge is -2.25. The van der Waals surface area contributed by atoms with Crippen molar-refractivity contribution in [2.24, 2.45) is 5.92 Å². The van der Waals surface area contributed by atoms with Gasteiger partial charge in [0, 0.05) is 17.2 Å². The van der Waals surface area contributed by atoms with Gasteiger partial charge < -0.3 is 15.4 Å². The molecule has 4 rings (SSSR count). The van der Waals surface area contributed by atoms with E-state index in [-0.39, 0.29) is 27.9 Å². The van der Waals surface area contributed by atoms with Crippen LogP contribution in [0.1, 0.15) is 5.56 Å². The van der Waals surface area contributed by atoms with Gasteiger partial charge in [0.05, 0.1) is 35.1 Å². The maximum Gasteiger partial charge on any atom is 0.416 e. The van der Waals surface area contributed by atoms with Gasteiger partial charge in [0.1, 0.15) is 0 Å². The first-order valence-corrected chi connectivity index (χ1v) is 12.0. The number of ether oxygens (including phenoxy) is 1. The lowest BCUT2D eigenvalue weighted by molar-refractivity contribution is -0.137. The normalized spacial score (nSPS) is 14.3. The van der Waals surface area contributed by atoms with Crippen molar-refractivity contribution >= 4 is 27.2 Å². The number of benzene rings is 3. The van der Waals surface area contributed by atoms with Gasteiger partial charge in [0.15, 0.2) is 9.84 Å². The molecule has 0 aromatic heterocycles. The Labute approximate surface area is 194 Å². The quantitative estimate of drug-likeness (QED) is 0.482. The number of hydrogen-bond donors (Lipinski definition) is 2. The Morgan fingerprint density at radius 1 is 0.941 bits per heavy atom. The number of sulfone groups is 1. The van der Waals surface area contributed by atoms with E-state index >= 15 is 0 Å². The van der Waals surface area contributed by atoms with Crippen molar-refractivity contribution in [1.82, 2.24) is 0 Å². The van der Waals surface area contributed by atoms with Gasteiger partial charge in [-0.2, -0.15) is 13.2 Å². The molecule has 0 radical (unpaired) electrons. The number of halogens is 3. The molecule has 1 fully saturated rings. The summed E-state index contributed by atoms with van der Waals surface area (Å²) >= 11 is 0. The minimum atomic E-state index is -4.55. The van der Waals surface area contributed by atoms with Gasteiger partial charge >= 0.3 is 12.2 Å². The van der Waals surface area contributed by atoms with Gasteiger partial charge in [0.25, 0.3) is 0 Å². The molecule has 6 nitrogen and oxygen atoms in total. The third-order valence-electron chi connectivity index (χ3n) is 5.29. The van der Waals surface area contributed by atoms with Crippen molar-refractivity contribution < 1.29 is 31.1 Å². The van der Waals surface area contributed by atoms with Crippen molar-refractivity contribution in [2.45, 2.75) is 11.1 Å². The molecule has 10 heteroatoms. The third kappa shape index (κ3) is 5.57. The molecule has 1 heterocycles. The smallest absolute Gasteiger partial charge is 0.381 e. The minimum Gasteiger partial charge on any atom is -0.381 e. The van der Waals surface area contributed by atoms with E-state index in [1.807, 2.05) is 6.07 Å². The Hall–Kier alpha value is -3.37. The molecule has 3 aromatic rings.